The van der Waals surface area contributed by atoms with Crippen LogP contribution in [0.15, 0.2) is 0 Å². The van der Waals surface area contributed by atoms with E-state index in [0.717, 1.165) is 26.1 Å². The molecular formula is C14H27N3O. The van der Waals surface area contributed by atoms with Crippen LogP contribution in [0.5, 0.6) is 0 Å². The van der Waals surface area contributed by atoms with Gasteiger partial charge in [0.15, 0.2) is 0 Å². The lowest BCUT2D eigenvalue weighted by molar-refractivity contribution is 0.0792. The van der Waals surface area contributed by atoms with E-state index in [0.29, 0.717) is 12.1 Å². The van der Waals surface area contributed by atoms with E-state index >= 15 is 0 Å². The second kappa shape index (κ2) is 7.08. The van der Waals surface area contributed by atoms with E-state index in [4.69, 9.17) is 4.74 Å². The van der Waals surface area contributed by atoms with Crippen LogP contribution in [-0.2, 0) is 4.74 Å². The van der Waals surface area contributed by atoms with Crippen molar-refractivity contribution < 1.29 is 4.74 Å². The topological polar surface area (TPSA) is 48.3 Å². The van der Waals surface area contributed by atoms with Gasteiger partial charge in [-0.2, -0.15) is 5.26 Å². The molecule has 0 aromatic rings. The number of likely N-dealkylation sites (N-methyl/N-ethyl adjacent to an activating group) is 1. The van der Waals surface area contributed by atoms with Gasteiger partial charge in [0.25, 0.3) is 0 Å². The van der Waals surface area contributed by atoms with Crippen LogP contribution in [0.1, 0.15) is 40.0 Å². The van der Waals surface area contributed by atoms with Crippen LogP contribution in [-0.4, -0.2) is 49.3 Å². The summed E-state index contributed by atoms with van der Waals surface area (Å²) in [6.45, 7) is 8.93. The smallest absolute Gasteiger partial charge is 0.105 e. The van der Waals surface area contributed by atoms with Crippen LogP contribution in [0, 0.1) is 11.3 Å². The van der Waals surface area contributed by atoms with Gasteiger partial charge in [-0.3, -0.25) is 5.32 Å². The summed E-state index contributed by atoms with van der Waals surface area (Å²) in [5.74, 6) is 0. The second-order valence-corrected chi connectivity index (χ2v) is 5.89. The fourth-order valence-electron chi connectivity index (χ4n) is 2.44. The van der Waals surface area contributed by atoms with E-state index in [1.807, 2.05) is 6.92 Å². The van der Waals surface area contributed by atoms with Crippen LogP contribution >= 0.6 is 0 Å². The van der Waals surface area contributed by atoms with Crippen molar-refractivity contribution in [3.8, 4) is 6.07 Å². The average Bonchev–Trinajstić information content (AvgIpc) is 2.78. The first-order valence-corrected chi connectivity index (χ1v) is 6.94. The van der Waals surface area contributed by atoms with Gasteiger partial charge in [0.2, 0.25) is 0 Å². The Bertz CT molecular complexity index is 281. The number of hydrogen-bond acceptors (Lipinski definition) is 4. The zero-order chi connectivity index (χ0) is 13.6. The minimum Gasteiger partial charge on any atom is -0.377 e. The highest BCUT2D eigenvalue weighted by Gasteiger charge is 2.25. The molecule has 4 nitrogen and oxygen atoms in total. The van der Waals surface area contributed by atoms with Gasteiger partial charge in [0, 0.05) is 25.7 Å². The SMILES string of the molecule is CC(C)NC(C)(C#N)CCN(C)CC1CCCO1. The maximum atomic E-state index is 9.28. The van der Waals surface area contributed by atoms with E-state index < -0.39 is 5.54 Å². The predicted molar refractivity (Wildman–Crippen MR) is 73.4 cm³/mol. The first kappa shape index (κ1) is 15.4. The Morgan fingerprint density at radius 2 is 2.28 bits per heavy atom. The second-order valence-electron chi connectivity index (χ2n) is 5.89. The Labute approximate surface area is 111 Å². The zero-order valence-electron chi connectivity index (χ0n) is 12.2. The molecule has 1 aliphatic rings. The molecule has 0 aromatic carbocycles. The standard InChI is InChI=1S/C14H27N3O/c1-12(2)16-14(3,11-15)7-8-17(4)10-13-6-5-9-18-13/h12-13,16H,5-10H2,1-4H3. The number of hydrogen-bond donors (Lipinski definition) is 1. The van der Waals surface area contributed by atoms with E-state index in [-0.39, 0.29) is 0 Å². The Hall–Kier alpha value is -0.630. The Kier molecular flexibility index (Phi) is 6.07. The summed E-state index contributed by atoms with van der Waals surface area (Å²) >= 11 is 0. The van der Waals surface area contributed by atoms with Crippen molar-refractivity contribution in [3.05, 3.63) is 0 Å². The molecule has 0 amide bonds. The molecule has 4 heteroatoms. The van der Waals surface area contributed by atoms with Crippen LogP contribution in [0.2, 0.25) is 0 Å². The van der Waals surface area contributed by atoms with Crippen molar-refractivity contribution in [2.45, 2.75) is 57.7 Å². The Morgan fingerprint density at radius 3 is 2.78 bits per heavy atom. The number of rotatable bonds is 7. The van der Waals surface area contributed by atoms with Gasteiger partial charge in [-0.25, -0.2) is 0 Å². The predicted octanol–water partition coefficient (Wildman–Crippen LogP) is 1.77. The lowest BCUT2D eigenvalue weighted by Gasteiger charge is -2.29. The summed E-state index contributed by atoms with van der Waals surface area (Å²) in [4.78, 5) is 2.27. The van der Waals surface area contributed by atoms with Gasteiger partial charge in [-0.1, -0.05) is 0 Å². The van der Waals surface area contributed by atoms with Gasteiger partial charge in [0.1, 0.15) is 5.54 Å². The summed E-state index contributed by atoms with van der Waals surface area (Å²) in [5.41, 5.74) is -0.432. The molecular weight excluding hydrogens is 226 g/mol. The fraction of sp³-hybridized carbons (Fsp3) is 0.929. The molecule has 18 heavy (non-hydrogen) atoms. The molecule has 0 spiro atoms. The number of nitriles is 1. The lowest BCUT2D eigenvalue weighted by atomic mass is 9.98. The summed E-state index contributed by atoms with van der Waals surface area (Å²) in [6, 6.07) is 2.72. The molecule has 0 bridgehead atoms. The largest absolute Gasteiger partial charge is 0.377 e. The highest BCUT2D eigenvalue weighted by Crippen LogP contribution is 2.14. The average molecular weight is 253 g/mol. The molecule has 1 fully saturated rings. The minimum absolute atomic E-state index is 0.332. The lowest BCUT2D eigenvalue weighted by Crippen LogP contribution is -2.47. The highest BCUT2D eigenvalue weighted by molar-refractivity contribution is 5.04. The molecule has 2 atom stereocenters. The van der Waals surface area contributed by atoms with Crippen LogP contribution < -0.4 is 5.32 Å². The summed E-state index contributed by atoms with van der Waals surface area (Å²) in [6.07, 6.45) is 3.58. The normalized spacial score (nSPS) is 23.3. The monoisotopic (exact) mass is 253 g/mol. The van der Waals surface area contributed by atoms with Crippen LogP contribution in [0.4, 0.5) is 0 Å². The third kappa shape index (κ3) is 5.34. The molecule has 104 valence electrons. The van der Waals surface area contributed by atoms with E-state index in [9.17, 15) is 5.26 Å². The van der Waals surface area contributed by atoms with Gasteiger partial charge in [-0.05, 0) is 47.1 Å². The highest BCUT2D eigenvalue weighted by atomic mass is 16.5. The molecule has 0 aromatic heterocycles. The quantitative estimate of drug-likeness (QED) is 0.751. The summed E-state index contributed by atoms with van der Waals surface area (Å²) in [7, 11) is 2.11. The van der Waals surface area contributed by atoms with Crippen molar-refractivity contribution >= 4 is 0 Å². The maximum Gasteiger partial charge on any atom is 0.105 e. The van der Waals surface area contributed by atoms with Crippen LogP contribution in [0.3, 0.4) is 0 Å². The van der Waals surface area contributed by atoms with Crippen molar-refractivity contribution in [1.29, 1.82) is 5.26 Å². The van der Waals surface area contributed by atoms with Crippen LogP contribution in [0.25, 0.3) is 0 Å². The number of nitrogens with one attached hydrogen (secondary N) is 1. The van der Waals surface area contributed by atoms with Gasteiger partial charge in [-0.15, -0.1) is 0 Å². The molecule has 1 N–H and O–H groups in total. The van der Waals surface area contributed by atoms with Crippen molar-refractivity contribution in [3.63, 3.8) is 0 Å². The van der Waals surface area contributed by atoms with Crippen molar-refractivity contribution in [2.24, 2.45) is 0 Å². The third-order valence-corrected chi connectivity index (χ3v) is 3.39. The molecule has 0 radical (unpaired) electrons. The van der Waals surface area contributed by atoms with Crippen molar-refractivity contribution in [1.82, 2.24) is 10.2 Å². The van der Waals surface area contributed by atoms with Gasteiger partial charge >= 0.3 is 0 Å². The Morgan fingerprint density at radius 1 is 1.56 bits per heavy atom. The first-order chi connectivity index (χ1) is 8.45. The Balaban J connectivity index is 2.30. The van der Waals surface area contributed by atoms with E-state index in [2.05, 4.69) is 37.2 Å². The maximum absolute atomic E-state index is 9.28. The summed E-state index contributed by atoms with van der Waals surface area (Å²) < 4.78 is 5.62. The molecule has 0 aliphatic carbocycles. The van der Waals surface area contributed by atoms with E-state index in [1.54, 1.807) is 0 Å². The minimum atomic E-state index is -0.432. The summed E-state index contributed by atoms with van der Waals surface area (Å²) in [5, 5.41) is 12.6. The van der Waals surface area contributed by atoms with Gasteiger partial charge in [0.05, 0.1) is 12.2 Å². The molecule has 2 unspecified atom stereocenters. The van der Waals surface area contributed by atoms with E-state index in [1.165, 1.54) is 12.8 Å². The fourth-order valence-corrected chi connectivity index (χ4v) is 2.44. The van der Waals surface area contributed by atoms with Gasteiger partial charge < -0.3 is 9.64 Å². The molecule has 1 rings (SSSR count). The molecule has 1 saturated heterocycles. The first-order valence-electron chi connectivity index (χ1n) is 6.94. The number of ether oxygens (including phenoxy) is 1. The number of nitrogens with zero attached hydrogens (tertiary/aromatic N) is 2. The van der Waals surface area contributed by atoms with Crippen molar-refractivity contribution in [2.75, 3.05) is 26.7 Å². The zero-order valence-corrected chi connectivity index (χ0v) is 12.2. The molecule has 1 heterocycles. The molecule has 1 aliphatic heterocycles. The molecule has 0 saturated carbocycles. The third-order valence-electron chi connectivity index (χ3n) is 3.39.